The molecule has 1 N–H and O–H groups in total. The second-order valence-electron chi connectivity index (χ2n) is 4.91. The van der Waals surface area contributed by atoms with Crippen LogP contribution in [0.15, 0.2) is 18.2 Å². The highest BCUT2D eigenvalue weighted by molar-refractivity contribution is 6.33. The van der Waals surface area contributed by atoms with Crippen molar-refractivity contribution in [3.63, 3.8) is 0 Å². The number of carboxylic acids is 1. The zero-order valence-electron chi connectivity index (χ0n) is 9.54. The minimum absolute atomic E-state index is 0.259. The Morgan fingerprint density at radius 3 is 2.65 bits per heavy atom. The minimum Gasteiger partial charge on any atom is -0.481 e. The van der Waals surface area contributed by atoms with Crippen LogP contribution in [-0.4, -0.2) is 11.1 Å². The molecule has 0 amide bonds. The van der Waals surface area contributed by atoms with Gasteiger partial charge in [0, 0.05) is 10.0 Å². The van der Waals surface area contributed by atoms with E-state index in [0.717, 1.165) is 18.4 Å². The van der Waals surface area contributed by atoms with Gasteiger partial charge < -0.3 is 5.11 Å². The molecule has 1 aromatic rings. The molecule has 0 aliphatic heterocycles. The first kappa shape index (κ1) is 12.7. The van der Waals surface area contributed by atoms with Gasteiger partial charge in [-0.05, 0) is 55.9 Å². The molecule has 1 atom stereocenters. The van der Waals surface area contributed by atoms with E-state index in [-0.39, 0.29) is 5.92 Å². The lowest BCUT2D eigenvalue weighted by molar-refractivity contribution is -0.149. The number of benzene rings is 1. The van der Waals surface area contributed by atoms with E-state index >= 15 is 0 Å². The molecule has 1 aliphatic rings. The molecule has 0 aromatic heterocycles. The molecule has 0 bridgehead atoms. The average molecular weight is 273 g/mol. The smallest absolute Gasteiger partial charge is 0.309 e. The zero-order valence-corrected chi connectivity index (χ0v) is 11.1. The van der Waals surface area contributed by atoms with E-state index in [2.05, 4.69) is 0 Å². The first-order valence-electron chi connectivity index (χ1n) is 5.61. The summed E-state index contributed by atoms with van der Waals surface area (Å²) in [6, 6.07) is 5.18. The van der Waals surface area contributed by atoms with Gasteiger partial charge in [0.1, 0.15) is 0 Å². The zero-order chi connectivity index (χ0) is 12.6. The number of carbonyl (C=O) groups is 1. The van der Waals surface area contributed by atoms with Crippen molar-refractivity contribution in [2.45, 2.75) is 26.2 Å². The fraction of sp³-hybridized carbons (Fsp3) is 0.462. The van der Waals surface area contributed by atoms with E-state index in [1.807, 2.05) is 0 Å². The monoisotopic (exact) mass is 272 g/mol. The third kappa shape index (κ3) is 2.58. The summed E-state index contributed by atoms with van der Waals surface area (Å²) in [7, 11) is 0. The standard InChI is InChI=1S/C13H14Cl2O2/c1-13(12(16)17,9-2-3-9)7-8-6-10(14)4-5-11(8)15/h4-6,9H,2-3,7H2,1H3,(H,16,17). The molecule has 2 nitrogen and oxygen atoms in total. The van der Waals surface area contributed by atoms with Gasteiger partial charge in [-0.15, -0.1) is 0 Å². The summed E-state index contributed by atoms with van der Waals surface area (Å²) in [5.41, 5.74) is 0.0879. The van der Waals surface area contributed by atoms with Gasteiger partial charge in [-0.2, -0.15) is 0 Å². The predicted molar refractivity (Wildman–Crippen MR) is 68.6 cm³/mol. The summed E-state index contributed by atoms with van der Waals surface area (Å²) in [6.07, 6.45) is 2.41. The highest BCUT2D eigenvalue weighted by Gasteiger charge is 2.47. The number of rotatable bonds is 4. The van der Waals surface area contributed by atoms with Crippen LogP contribution < -0.4 is 0 Å². The molecule has 0 spiro atoms. The number of carboxylic acid groups (broad SMARTS) is 1. The van der Waals surface area contributed by atoms with Gasteiger partial charge in [0.15, 0.2) is 0 Å². The Bertz CT molecular complexity index is 455. The van der Waals surface area contributed by atoms with E-state index < -0.39 is 11.4 Å². The molecule has 17 heavy (non-hydrogen) atoms. The van der Waals surface area contributed by atoms with Crippen molar-refractivity contribution in [2.75, 3.05) is 0 Å². The second kappa shape index (κ2) is 4.51. The van der Waals surface area contributed by atoms with Crippen molar-refractivity contribution < 1.29 is 9.90 Å². The minimum atomic E-state index is -0.754. The van der Waals surface area contributed by atoms with Crippen LogP contribution in [0.4, 0.5) is 0 Å². The molecule has 0 saturated heterocycles. The molecular weight excluding hydrogens is 259 g/mol. The molecule has 1 aromatic carbocycles. The van der Waals surface area contributed by atoms with Crippen LogP contribution in [0.1, 0.15) is 25.3 Å². The van der Waals surface area contributed by atoms with Gasteiger partial charge in [0.05, 0.1) is 5.41 Å². The number of hydrogen-bond donors (Lipinski definition) is 1. The van der Waals surface area contributed by atoms with Gasteiger partial charge >= 0.3 is 5.97 Å². The van der Waals surface area contributed by atoms with Crippen LogP contribution >= 0.6 is 23.2 Å². The highest BCUT2D eigenvalue weighted by Crippen LogP contribution is 2.48. The van der Waals surface area contributed by atoms with Crippen LogP contribution in [0.3, 0.4) is 0 Å². The Morgan fingerprint density at radius 2 is 2.12 bits per heavy atom. The van der Waals surface area contributed by atoms with Crippen LogP contribution in [0.5, 0.6) is 0 Å². The molecule has 92 valence electrons. The van der Waals surface area contributed by atoms with E-state index in [1.54, 1.807) is 25.1 Å². The molecule has 1 unspecified atom stereocenters. The normalized spacial score (nSPS) is 18.8. The SMILES string of the molecule is CC(Cc1cc(Cl)ccc1Cl)(C(=O)O)C1CC1. The number of aliphatic carboxylic acids is 1. The van der Waals surface area contributed by atoms with E-state index in [9.17, 15) is 9.90 Å². The summed E-state index contributed by atoms with van der Waals surface area (Å²) >= 11 is 12.0. The van der Waals surface area contributed by atoms with Gasteiger partial charge in [-0.3, -0.25) is 4.79 Å². The Hall–Kier alpha value is -0.730. The van der Waals surface area contributed by atoms with E-state index in [0.29, 0.717) is 16.5 Å². The Balaban J connectivity index is 2.29. The van der Waals surface area contributed by atoms with Crippen LogP contribution in [0.2, 0.25) is 10.0 Å². The molecule has 4 heteroatoms. The quantitative estimate of drug-likeness (QED) is 0.899. The highest BCUT2D eigenvalue weighted by atomic mass is 35.5. The van der Waals surface area contributed by atoms with E-state index in [1.165, 1.54) is 0 Å². The second-order valence-corrected chi connectivity index (χ2v) is 5.75. The average Bonchev–Trinajstić information content (AvgIpc) is 3.06. The van der Waals surface area contributed by atoms with Crippen LogP contribution in [-0.2, 0) is 11.2 Å². The number of halogens is 2. The van der Waals surface area contributed by atoms with Gasteiger partial charge in [-0.1, -0.05) is 23.2 Å². The third-order valence-electron chi connectivity index (χ3n) is 3.53. The summed E-state index contributed by atoms with van der Waals surface area (Å²) < 4.78 is 0. The first-order valence-corrected chi connectivity index (χ1v) is 6.36. The van der Waals surface area contributed by atoms with Gasteiger partial charge in [-0.25, -0.2) is 0 Å². The largest absolute Gasteiger partial charge is 0.481 e. The van der Waals surface area contributed by atoms with Gasteiger partial charge in [0.2, 0.25) is 0 Å². The summed E-state index contributed by atoms with van der Waals surface area (Å²) in [5.74, 6) is -0.494. The van der Waals surface area contributed by atoms with Crippen LogP contribution in [0, 0.1) is 11.3 Å². The summed E-state index contributed by atoms with van der Waals surface area (Å²) in [6.45, 7) is 1.80. The first-order chi connectivity index (χ1) is 7.93. The molecule has 0 radical (unpaired) electrons. The number of hydrogen-bond acceptors (Lipinski definition) is 1. The Labute approximate surface area is 111 Å². The van der Waals surface area contributed by atoms with Gasteiger partial charge in [0.25, 0.3) is 0 Å². The van der Waals surface area contributed by atoms with Crippen molar-refractivity contribution in [3.8, 4) is 0 Å². The summed E-state index contributed by atoms with van der Waals surface area (Å²) in [5, 5.41) is 10.6. The van der Waals surface area contributed by atoms with Crippen molar-refractivity contribution in [2.24, 2.45) is 11.3 Å². The lowest BCUT2D eigenvalue weighted by Gasteiger charge is -2.25. The molecule has 1 aliphatic carbocycles. The fourth-order valence-corrected chi connectivity index (χ4v) is 2.57. The lowest BCUT2D eigenvalue weighted by atomic mass is 9.79. The topological polar surface area (TPSA) is 37.3 Å². The summed E-state index contributed by atoms with van der Waals surface area (Å²) in [4.78, 5) is 11.4. The fourth-order valence-electron chi connectivity index (χ4n) is 2.19. The van der Waals surface area contributed by atoms with Crippen molar-refractivity contribution >= 4 is 29.2 Å². The molecular formula is C13H14Cl2O2. The predicted octanol–water partition coefficient (Wildman–Crippen LogP) is 4.04. The third-order valence-corrected chi connectivity index (χ3v) is 4.14. The van der Waals surface area contributed by atoms with Crippen molar-refractivity contribution in [1.82, 2.24) is 0 Å². The van der Waals surface area contributed by atoms with Crippen molar-refractivity contribution in [1.29, 1.82) is 0 Å². The molecule has 0 heterocycles. The Kier molecular flexibility index (Phi) is 3.37. The Morgan fingerprint density at radius 1 is 1.47 bits per heavy atom. The lowest BCUT2D eigenvalue weighted by Crippen LogP contribution is -2.32. The van der Waals surface area contributed by atoms with Crippen LogP contribution in [0.25, 0.3) is 0 Å². The van der Waals surface area contributed by atoms with E-state index in [4.69, 9.17) is 23.2 Å². The molecule has 1 fully saturated rings. The van der Waals surface area contributed by atoms with Crippen molar-refractivity contribution in [3.05, 3.63) is 33.8 Å². The maximum atomic E-state index is 11.4. The molecule has 1 saturated carbocycles. The molecule has 2 rings (SSSR count). The maximum absolute atomic E-state index is 11.4. The maximum Gasteiger partial charge on any atom is 0.309 e.